The van der Waals surface area contributed by atoms with Gasteiger partial charge in [-0.3, -0.25) is 9.67 Å². The number of rotatable bonds is 3. The largest absolute Gasteiger partial charge is 0.373 e. The molecule has 1 aliphatic heterocycles. The summed E-state index contributed by atoms with van der Waals surface area (Å²) in [6.45, 7) is 3.08. The van der Waals surface area contributed by atoms with Crippen molar-refractivity contribution in [1.82, 2.24) is 19.7 Å². The van der Waals surface area contributed by atoms with Crippen LogP contribution in [0.5, 0.6) is 0 Å². The number of benzene rings is 1. The second-order valence-electron chi connectivity index (χ2n) is 5.38. The molecule has 1 unspecified atom stereocenters. The van der Waals surface area contributed by atoms with Crippen LogP contribution in [0.15, 0.2) is 48.9 Å². The van der Waals surface area contributed by atoms with Crippen LogP contribution in [0, 0.1) is 0 Å². The van der Waals surface area contributed by atoms with Gasteiger partial charge in [-0.1, -0.05) is 12.1 Å². The maximum Gasteiger partial charge on any atom is 0.148 e. The van der Waals surface area contributed by atoms with Gasteiger partial charge in [-0.25, -0.2) is 4.98 Å². The fraction of sp³-hybridized carbons (Fsp3) is 0.312. The van der Waals surface area contributed by atoms with E-state index in [-0.39, 0.29) is 6.10 Å². The highest BCUT2D eigenvalue weighted by atomic mass is 16.5. The second kappa shape index (κ2) is 5.73. The summed E-state index contributed by atoms with van der Waals surface area (Å²) in [5.41, 5.74) is 1.85. The van der Waals surface area contributed by atoms with Gasteiger partial charge in [-0.15, -0.1) is 0 Å². The Kier molecular flexibility index (Phi) is 3.44. The van der Waals surface area contributed by atoms with E-state index < -0.39 is 0 Å². The number of nitrogens with zero attached hydrogens (tertiary/aromatic N) is 5. The lowest BCUT2D eigenvalue weighted by Crippen LogP contribution is -2.44. The maximum absolute atomic E-state index is 5.84. The van der Waals surface area contributed by atoms with E-state index in [1.165, 1.54) is 0 Å². The van der Waals surface area contributed by atoms with E-state index in [1.54, 1.807) is 6.20 Å². The Morgan fingerprint density at radius 1 is 1.18 bits per heavy atom. The van der Waals surface area contributed by atoms with Crippen LogP contribution in [-0.4, -0.2) is 45.5 Å². The van der Waals surface area contributed by atoms with Gasteiger partial charge in [0.2, 0.25) is 0 Å². The molecule has 112 valence electrons. The molecular formula is C16H17N5O. The molecule has 0 amide bonds. The van der Waals surface area contributed by atoms with Crippen molar-refractivity contribution in [2.75, 3.05) is 24.6 Å². The van der Waals surface area contributed by atoms with Crippen LogP contribution in [0.2, 0.25) is 0 Å². The van der Waals surface area contributed by atoms with E-state index in [2.05, 4.69) is 15.0 Å². The van der Waals surface area contributed by atoms with Crippen molar-refractivity contribution >= 4 is 16.9 Å². The summed E-state index contributed by atoms with van der Waals surface area (Å²) in [6, 6.07) is 9.86. The van der Waals surface area contributed by atoms with Crippen molar-refractivity contribution in [3.8, 4) is 0 Å². The van der Waals surface area contributed by atoms with Gasteiger partial charge in [0.1, 0.15) is 5.82 Å². The average molecular weight is 295 g/mol. The molecule has 0 spiro atoms. The van der Waals surface area contributed by atoms with E-state index >= 15 is 0 Å². The smallest absolute Gasteiger partial charge is 0.148 e. The molecule has 0 aliphatic carbocycles. The van der Waals surface area contributed by atoms with Crippen LogP contribution in [-0.2, 0) is 11.3 Å². The maximum atomic E-state index is 5.84. The third-order valence-electron chi connectivity index (χ3n) is 3.85. The number of para-hydroxylation sites is 2. The van der Waals surface area contributed by atoms with Crippen LogP contribution in [0.1, 0.15) is 0 Å². The van der Waals surface area contributed by atoms with E-state index in [1.807, 2.05) is 47.4 Å². The van der Waals surface area contributed by atoms with E-state index in [0.717, 1.165) is 36.5 Å². The molecule has 0 bridgehead atoms. The molecule has 1 atom stereocenters. The Bertz CT molecular complexity index is 758. The Labute approximate surface area is 128 Å². The normalized spacial score (nSPS) is 18.7. The van der Waals surface area contributed by atoms with Crippen molar-refractivity contribution in [3.63, 3.8) is 0 Å². The lowest BCUT2D eigenvalue weighted by molar-refractivity contribution is 0.0272. The summed E-state index contributed by atoms with van der Waals surface area (Å²) in [6.07, 6.45) is 5.70. The SMILES string of the molecule is c1ccc2nc(N3CCOC(Cn4cccn4)C3)cnc2c1. The van der Waals surface area contributed by atoms with E-state index in [0.29, 0.717) is 6.61 Å². The van der Waals surface area contributed by atoms with Crippen molar-refractivity contribution in [2.24, 2.45) is 0 Å². The highest BCUT2D eigenvalue weighted by molar-refractivity contribution is 5.75. The molecule has 1 aliphatic rings. The van der Waals surface area contributed by atoms with Gasteiger partial charge < -0.3 is 9.64 Å². The third kappa shape index (κ3) is 2.65. The number of aromatic nitrogens is 4. The number of ether oxygens (including phenoxy) is 1. The first kappa shape index (κ1) is 13.2. The zero-order chi connectivity index (χ0) is 14.8. The summed E-state index contributed by atoms with van der Waals surface area (Å²) in [5.74, 6) is 0.910. The summed E-state index contributed by atoms with van der Waals surface area (Å²) in [7, 11) is 0. The van der Waals surface area contributed by atoms with Crippen LogP contribution in [0.4, 0.5) is 5.82 Å². The summed E-state index contributed by atoms with van der Waals surface area (Å²) in [5, 5.41) is 4.24. The minimum absolute atomic E-state index is 0.113. The van der Waals surface area contributed by atoms with Gasteiger partial charge in [0.15, 0.2) is 0 Å². The highest BCUT2D eigenvalue weighted by Gasteiger charge is 2.22. The van der Waals surface area contributed by atoms with Gasteiger partial charge in [-0.05, 0) is 18.2 Å². The minimum Gasteiger partial charge on any atom is -0.373 e. The molecule has 0 radical (unpaired) electrons. The van der Waals surface area contributed by atoms with Gasteiger partial charge in [0.25, 0.3) is 0 Å². The Morgan fingerprint density at radius 2 is 2.09 bits per heavy atom. The van der Waals surface area contributed by atoms with Gasteiger partial charge in [0, 0.05) is 25.5 Å². The number of anilines is 1. The monoisotopic (exact) mass is 295 g/mol. The van der Waals surface area contributed by atoms with Crippen molar-refractivity contribution in [3.05, 3.63) is 48.9 Å². The van der Waals surface area contributed by atoms with Crippen molar-refractivity contribution in [2.45, 2.75) is 12.6 Å². The quantitative estimate of drug-likeness (QED) is 0.736. The Hall–Kier alpha value is -2.47. The predicted molar refractivity (Wildman–Crippen MR) is 83.7 cm³/mol. The fourth-order valence-electron chi connectivity index (χ4n) is 2.75. The van der Waals surface area contributed by atoms with Crippen LogP contribution < -0.4 is 4.90 Å². The van der Waals surface area contributed by atoms with Crippen molar-refractivity contribution < 1.29 is 4.74 Å². The molecule has 1 saturated heterocycles. The molecule has 1 fully saturated rings. The Balaban J connectivity index is 1.53. The summed E-state index contributed by atoms with van der Waals surface area (Å²) in [4.78, 5) is 11.4. The minimum atomic E-state index is 0.113. The molecule has 3 heterocycles. The summed E-state index contributed by atoms with van der Waals surface area (Å²) >= 11 is 0. The molecule has 1 aromatic carbocycles. The molecule has 4 rings (SSSR count). The van der Waals surface area contributed by atoms with Crippen LogP contribution in [0.25, 0.3) is 11.0 Å². The first-order valence-corrected chi connectivity index (χ1v) is 7.44. The summed E-state index contributed by atoms with van der Waals surface area (Å²) < 4.78 is 7.74. The fourth-order valence-corrected chi connectivity index (χ4v) is 2.75. The zero-order valence-corrected chi connectivity index (χ0v) is 12.2. The standard InChI is InChI=1S/C16H17N5O/c1-2-5-15-14(4-1)17-10-16(19-15)20-8-9-22-13(11-20)12-21-7-3-6-18-21/h1-7,10,13H,8-9,11-12H2. The molecule has 3 aromatic rings. The third-order valence-corrected chi connectivity index (χ3v) is 3.85. The van der Waals surface area contributed by atoms with Crippen LogP contribution in [0.3, 0.4) is 0 Å². The molecular weight excluding hydrogens is 278 g/mol. The predicted octanol–water partition coefficient (Wildman–Crippen LogP) is 1.73. The molecule has 6 heteroatoms. The van der Waals surface area contributed by atoms with Crippen molar-refractivity contribution in [1.29, 1.82) is 0 Å². The van der Waals surface area contributed by atoms with Gasteiger partial charge >= 0.3 is 0 Å². The lowest BCUT2D eigenvalue weighted by atomic mass is 10.2. The first-order chi connectivity index (χ1) is 10.9. The van der Waals surface area contributed by atoms with Gasteiger partial charge in [-0.2, -0.15) is 5.10 Å². The lowest BCUT2D eigenvalue weighted by Gasteiger charge is -2.33. The molecule has 2 aromatic heterocycles. The number of fused-ring (bicyclic) bond motifs is 1. The van der Waals surface area contributed by atoms with Crippen LogP contribution >= 0.6 is 0 Å². The average Bonchev–Trinajstić information content (AvgIpc) is 3.08. The number of hydrogen-bond acceptors (Lipinski definition) is 5. The van der Waals surface area contributed by atoms with Gasteiger partial charge in [0.05, 0.1) is 36.5 Å². The first-order valence-electron chi connectivity index (χ1n) is 7.44. The zero-order valence-electron chi connectivity index (χ0n) is 12.2. The topological polar surface area (TPSA) is 56.1 Å². The number of hydrogen-bond donors (Lipinski definition) is 0. The highest BCUT2D eigenvalue weighted by Crippen LogP contribution is 2.18. The molecule has 0 N–H and O–H groups in total. The Morgan fingerprint density at radius 3 is 2.95 bits per heavy atom. The van der Waals surface area contributed by atoms with E-state index in [4.69, 9.17) is 9.72 Å². The second-order valence-corrected chi connectivity index (χ2v) is 5.38. The molecule has 0 saturated carbocycles. The van der Waals surface area contributed by atoms with E-state index in [9.17, 15) is 0 Å². The number of morpholine rings is 1. The molecule has 22 heavy (non-hydrogen) atoms. The molecule has 6 nitrogen and oxygen atoms in total.